The van der Waals surface area contributed by atoms with Crippen LogP contribution in [-0.4, -0.2) is 40.2 Å². The van der Waals surface area contributed by atoms with E-state index in [0.717, 1.165) is 17.5 Å². The normalized spacial score (nSPS) is 17.1. The van der Waals surface area contributed by atoms with E-state index >= 15 is 0 Å². The fourth-order valence-corrected chi connectivity index (χ4v) is 3.82. The van der Waals surface area contributed by atoms with Crippen molar-refractivity contribution in [1.29, 1.82) is 0 Å². The van der Waals surface area contributed by atoms with Crippen molar-refractivity contribution in [3.63, 3.8) is 0 Å². The number of nitrogens with zero attached hydrogens (tertiary/aromatic N) is 3. The van der Waals surface area contributed by atoms with Gasteiger partial charge in [0.15, 0.2) is 5.69 Å². The second kappa shape index (κ2) is 7.56. The molecule has 0 bridgehead atoms. The average Bonchev–Trinajstić information content (AvgIpc) is 2.76. The number of carbonyl (C=O) groups excluding carboxylic acids is 1. The lowest BCUT2D eigenvalue weighted by molar-refractivity contribution is 0.0624. The quantitative estimate of drug-likeness (QED) is 0.762. The molecule has 2 aromatic carbocycles. The molecule has 0 saturated carbocycles. The first kappa shape index (κ1) is 18.4. The summed E-state index contributed by atoms with van der Waals surface area (Å²) >= 11 is 0. The van der Waals surface area contributed by atoms with Crippen LogP contribution in [0.3, 0.4) is 0 Å². The van der Waals surface area contributed by atoms with Gasteiger partial charge in [-0.1, -0.05) is 43.3 Å². The van der Waals surface area contributed by atoms with Gasteiger partial charge in [0.2, 0.25) is 5.43 Å². The fraction of sp³-hybridized carbons (Fsp3) is 0.318. The van der Waals surface area contributed by atoms with E-state index in [1.807, 2.05) is 12.1 Å². The van der Waals surface area contributed by atoms with Crippen LogP contribution in [0.4, 0.5) is 0 Å². The van der Waals surface area contributed by atoms with E-state index in [1.54, 1.807) is 28.8 Å². The van der Waals surface area contributed by atoms with E-state index in [2.05, 4.69) is 41.6 Å². The van der Waals surface area contributed by atoms with E-state index < -0.39 is 0 Å². The van der Waals surface area contributed by atoms with Gasteiger partial charge in [-0.3, -0.25) is 14.3 Å². The summed E-state index contributed by atoms with van der Waals surface area (Å²) in [5, 5.41) is 8.20. The number of para-hydroxylation sites is 1. The maximum absolute atomic E-state index is 13.3. The smallest absolute Gasteiger partial charge is 0.279 e. The first-order valence-corrected chi connectivity index (χ1v) is 9.66. The Labute approximate surface area is 163 Å². The molecule has 0 radical (unpaired) electrons. The summed E-state index contributed by atoms with van der Waals surface area (Å²) < 4.78 is 1.61. The lowest BCUT2D eigenvalue weighted by atomic mass is 10.0. The zero-order valence-corrected chi connectivity index (χ0v) is 16.2. The highest BCUT2D eigenvalue weighted by Gasteiger charge is 2.31. The third kappa shape index (κ3) is 3.20. The highest BCUT2D eigenvalue weighted by Crippen LogP contribution is 2.24. The number of benzene rings is 2. The number of nitrogens with one attached hydrogen (secondary N) is 1. The summed E-state index contributed by atoms with van der Waals surface area (Å²) in [6, 6.07) is 15.5. The van der Waals surface area contributed by atoms with Crippen molar-refractivity contribution >= 4 is 16.8 Å². The Hall–Kier alpha value is -2.99. The van der Waals surface area contributed by atoms with E-state index in [4.69, 9.17) is 0 Å². The fourth-order valence-electron chi connectivity index (χ4n) is 3.82. The Kier molecular flexibility index (Phi) is 4.96. The standard InChI is InChI=1S/C22H24N4O2/c1-3-15-8-10-16(11-9-15)19-14-23-12-13-26(19)22(28)20-21(27)17-6-4-5-7-18(17)25(2)24-20/h4-11,19,23H,3,12-14H2,1-2H3. The SMILES string of the molecule is CCc1ccc(C2CNCCN2C(=O)c2nn(C)c3ccccc3c2=O)cc1. The molecule has 3 aromatic rings. The molecule has 4 rings (SSSR count). The van der Waals surface area contributed by atoms with Crippen molar-refractivity contribution in [3.05, 3.63) is 75.6 Å². The minimum Gasteiger partial charge on any atom is -0.328 e. The Morgan fingerprint density at radius 2 is 1.93 bits per heavy atom. The van der Waals surface area contributed by atoms with Gasteiger partial charge in [-0.2, -0.15) is 5.10 Å². The van der Waals surface area contributed by atoms with E-state index in [-0.39, 0.29) is 23.1 Å². The number of piperazine rings is 1. The molecule has 1 aliphatic heterocycles. The van der Waals surface area contributed by atoms with Crippen LogP contribution in [0.25, 0.3) is 10.9 Å². The van der Waals surface area contributed by atoms with E-state index in [9.17, 15) is 9.59 Å². The van der Waals surface area contributed by atoms with Crippen LogP contribution >= 0.6 is 0 Å². The monoisotopic (exact) mass is 376 g/mol. The predicted octanol–water partition coefficient (Wildman–Crippen LogP) is 2.28. The van der Waals surface area contributed by atoms with Crippen molar-refractivity contribution < 1.29 is 4.79 Å². The Bertz CT molecular complexity index is 1070. The number of fused-ring (bicyclic) bond motifs is 1. The summed E-state index contributed by atoms with van der Waals surface area (Å²) in [5.41, 5.74) is 2.72. The molecule has 1 aromatic heterocycles. The molecule has 2 heterocycles. The lowest BCUT2D eigenvalue weighted by Crippen LogP contribution is -2.50. The highest BCUT2D eigenvalue weighted by atomic mass is 16.2. The third-order valence-corrected chi connectivity index (χ3v) is 5.44. The number of carbonyl (C=O) groups is 1. The lowest BCUT2D eigenvalue weighted by Gasteiger charge is -2.36. The number of aryl methyl sites for hydroxylation is 2. The van der Waals surface area contributed by atoms with Gasteiger partial charge in [0.05, 0.1) is 11.6 Å². The van der Waals surface area contributed by atoms with E-state index in [0.29, 0.717) is 25.0 Å². The minimum atomic E-state index is -0.308. The molecule has 1 atom stereocenters. The van der Waals surface area contributed by atoms with Gasteiger partial charge >= 0.3 is 0 Å². The second-order valence-corrected chi connectivity index (χ2v) is 7.13. The molecular weight excluding hydrogens is 352 g/mol. The topological polar surface area (TPSA) is 67.2 Å². The van der Waals surface area contributed by atoms with Crippen molar-refractivity contribution in [3.8, 4) is 0 Å². The predicted molar refractivity (Wildman–Crippen MR) is 109 cm³/mol. The van der Waals surface area contributed by atoms with Gasteiger partial charge in [-0.05, 0) is 29.7 Å². The maximum Gasteiger partial charge on any atom is 0.279 e. The van der Waals surface area contributed by atoms with Crippen LogP contribution in [0.1, 0.15) is 34.6 Å². The molecule has 28 heavy (non-hydrogen) atoms. The summed E-state index contributed by atoms with van der Waals surface area (Å²) in [4.78, 5) is 28.1. The minimum absolute atomic E-state index is 0.0155. The van der Waals surface area contributed by atoms with Gasteiger partial charge in [0.1, 0.15) is 0 Å². The highest BCUT2D eigenvalue weighted by molar-refractivity contribution is 5.95. The van der Waals surface area contributed by atoms with Crippen molar-refractivity contribution in [2.24, 2.45) is 7.05 Å². The van der Waals surface area contributed by atoms with Crippen LogP contribution in [0.5, 0.6) is 0 Å². The van der Waals surface area contributed by atoms with Gasteiger partial charge in [-0.15, -0.1) is 0 Å². The molecule has 6 nitrogen and oxygen atoms in total. The molecule has 1 aliphatic rings. The average molecular weight is 376 g/mol. The van der Waals surface area contributed by atoms with Crippen LogP contribution in [0, 0.1) is 0 Å². The Morgan fingerprint density at radius 1 is 1.18 bits per heavy atom. The van der Waals surface area contributed by atoms with Gasteiger partial charge in [0.25, 0.3) is 5.91 Å². The molecule has 0 spiro atoms. The maximum atomic E-state index is 13.3. The molecular formula is C22H24N4O2. The number of amides is 1. The zero-order valence-electron chi connectivity index (χ0n) is 16.2. The number of hydrogen-bond donors (Lipinski definition) is 1. The van der Waals surface area contributed by atoms with E-state index in [1.165, 1.54) is 5.56 Å². The summed E-state index contributed by atoms with van der Waals surface area (Å²) in [6.07, 6.45) is 0.975. The molecule has 6 heteroatoms. The van der Waals surface area contributed by atoms with Crippen molar-refractivity contribution in [2.45, 2.75) is 19.4 Å². The molecule has 1 amide bonds. The molecule has 1 saturated heterocycles. The van der Waals surface area contributed by atoms with Crippen LogP contribution < -0.4 is 10.7 Å². The molecule has 1 fully saturated rings. The Morgan fingerprint density at radius 3 is 2.68 bits per heavy atom. The molecule has 0 aliphatic carbocycles. The number of hydrogen-bond acceptors (Lipinski definition) is 4. The second-order valence-electron chi connectivity index (χ2n) is 7.13. The summed E-state index contributed by atoms with van der Waals surface area (Å²) in [6.45, 7) is 4.01. The zero-order chi connectivity index (χ0) is 19.7. The first-order chi connectivity index (χ1) is 13.6. The van der Waals surface area contributed by atoms with Crippen LogP contribution in [0.15, 0.2) is 53.3 Å². The summed E-state index contributed by atoms with van der Waals surface area (Å²) in [5.74, 6) is -0.308. The van der Waals surface area contributed by atoms with Gasteiger partial charge < -0.3 is 10.2 Å². The first-order valence-electron chi connectivity index (χ1n) is 9.66. The molecule has 144 valence electrons. The third-order valence-electron chi connectivity index (χ3n) is 5.44. The van der Waals surface area contributed by atoms with Gasteiger partial charge in [-0.25, -0.2) is 0 Å². The number of rotatable bonds is 3. The largest absolute Gasteiger partial charge is 0.328 e. The van der Waals surface area contributed by atoms with Gasteiger partial charge in [0, 0.05) is 32.1 Å². The molecule has 1 unspecified atom stereocenters. The van der Waals surface area contributed by atoms with Crippen molar-refractivity contribution in [2.75, 3.05) is 19.6 Å². The van der Waals surface area contributed by atoms with Crippen molar-refractivity contribution in [1.82, 2.24) is 20.0 Å². The Balaban J connectivity index is 1.74. The molecule has 1 N–H and O–H groups in total. The van der Waals surface area contributed by atoms with Crippen LogP contribution in [0.2, 0.25) is 0 Å². The summed E-state index contributed by atoms with van der Waals surface area (Å²) in [7, 11) is 1.76. The number of aromatic nitrogens is 2. The van der Waals surface area contributed by atoms with Crippen LogP contribution in [-0.2, 0) is 13.5 Å².